The van der Waals surface area contributed by atoms with Crippen LogP contribution in [-0.4, -0.2) is 12.6 Å². The summed E-state index contributed by atoms with van der Waals surface area (Å²) >= 11 is 3.56. The lowest BCUT2D eigenvalue weighted by atomic mass is 10.1. The van der Waals surface area contributed by atoms with Gasteiger partial charge in [-0.2, -0.15) is 0 Å². The van der Waals surface area contributed by atoms with E-state index in [2.05, 4.69) is 35.8 Å². The van der Waals surface area contributed by atoms with Crippen LogP contribution in [0.15, 0.2) is 22.7 Å². The summed E-state index contributed by atoms with van der Waals surface area (Å²) in [5.74, 6) is 1.54. The Labute approximate surface area is 119 Å². The Balaban J connectivity index is 2.73. The van der Waals surface area contributed by atoms with Crippen molar-refractivity contribution in [2.75, 3.05) is 6.61 Å². The largest absolute Gasteiger partial charge is 0.492 e. The fraction of sp³-hybridized carbons (Fsp3) is 0.600. The zero-order valence-electron chi connectivity index (χ0n) is 11.6. The molecule has 0 saturated carbocycles. The topological polar surface area (TPSA) is 35.2 Å². The molecule has 0 aliphatic heterocycles. The lowest BCUT2D eigenvalue weighted by Gasteiger charge is -2.17. The van der Waals surface area contributed by atoms with E-state index in [-0.39, 0.29) is 6.04 Å². The number of para-hydroxylation sites is 1. The van der Waals surface area contributed by atoms with Gasteiger partial charge in [-0.15, -0.1) is 0 Å². The van der Waals surface area contributed by atoms with Gasteiger partial charge in [0, 0.05) is 6.04 Å². The zero-order valence-corrected chi connectivity index (χ0v) is 13.2. The van der Waals surface area contributed by atoms with Gasteiger partial charge in [-0.1, -0.05) is 32.4 Å². The second-order valence-electron chi connectivity index (χ2n) is 5.11. The molecule has 0 radical (unpaired) electrons. The molecule has 0 amide bonds. The van der Waals surface area contributed by atoms with E-state index in [0.717, 1.165) is 23.2 Å². The lowest BCUT2D eigenvalue weighted by molar-refractivity contribution is 0.248. The minimum Gasteiger partial charge on any atom is -0.492 e. The van der Waals surface area contributed by atoms with Gasteiger partial charge in [0.15, 0.2) is 0 Å². The third-order valence-corrected chi connectivity index (χ3v) is 3.51. The highest BCUT2D eigenvalue weighted by molar-refractivity contribution is 9.10. The molecule has 0 saturated heterocycles. The number of benzene rings is 1. The Hall–Kier alpha value is -0.540. The van der Waals surface area contributed by atoms with Crippen LogP contribution in [-0.2, 0) is 6.42 Å². The zero-order chi connectivity index (χ0) is 13.5. The van der Waals surface area contributed by atoms with Crippen molar-refractivity contribution in [1.82, 2.24) is 0 Å². The van der Waals surface area contributed by atoms with E-state index in [1.165, 1.54) is 18.4 Å². The second-order valence-corrected chi connectivity index (χ2v) is 5.97. The van der Waals surface area contributed by atoms with Crippen molar-refractivity contribution in [3.8, 4) is 5.75 Å². The third kappa shape index (κ3) is 4.99. The van der Waals surface area contributed by atoms with Gasteiger partial charge in [-0.05, 0) is 53.2 Å². The van der Waals surface area contributed by atoms with Crippen LogP contribution in [0, 0.1) is 5.92 Å². The minimum atomic E-state index is 0.148. The van der Waals surface area contributed by atoms with Crippen LogP contribution in [0.2, 0.25) is 0 Å². The van der Waals surface area contributed by atoms with Crippen molar-refractivity contribution < 1.29 is 4.74 Å². The summed E-state index contributed by atoms with van der Waals surface area (Å²) in [6.45, 7) is 7.22. The number of ether oxygens (including phenoxy) is 1. The molecule has 0 aromatic heterocycles. The molecule has 0 aliphatic rings. The Bertz CT molecular complexity index is 366. The second kappa shape index (κ2) is 7.80. The smallest absolute Gasteiger partial charge is 0.136 e. The fourth-order valence-corrected chi connectivity index (χ4v) is 2.55. The van der Waals surface area contributed by atoms with E-state index < -0.39 is 0 Å². The van der Waals surface area contributed by atoms with Crippen LogP contribution >= 0.6 is 15.9 Å². The molecular formula is C15H24BrNO. The van der Waals surface area contributed by atoms with E-state index >= 15 is 0 Å². The highest BCUT2D eigenvalue weighted by atomic mass is 79.9. The molecule has 0 aliphatic carbocycles. The van der Waals surface area contributed by atoms with Crippen LogP contribution < -0.4 is 10.5 Å². The molecule has 0 spiro atoms. The van der Waals surface area contributed by atoms with Gasteiger partial charge in [0.2, 0.25) is 0 Å². The monoisotopic (exact) mass is 313 g/mol. The Morgan fingerprint density at radius 2 is 2.06 bits per heavy atom. The summed E-state index contributed by atoms with van der Waals surface area (Å²) in [4.78, 5) is 0. The van der Waals surface area contributed by atoms with Gasteiger partial charge in [-0.25, -0.2) is 0 Å². The first-order chi connectivity index (χ1) is 8.54. The number of hydrogen-bond acceptors (Lipinski definition) is 2. The van der Waals surface area contributed by atoms with Gasteiger partial charge in [0.05, 0.1) is 11.1 Å². The van der Waals surface area contributed by atoms with E-state index in [4.69, 9.17) is 10.5 Å². The average molecular weight is 314 g/mol. The molecule has 0 heterocycles. The van der Waals surface area contributed by atoms with Crippen LogP contribution in [0.3, 0.4) is 0 Å². The maximum Gasteiger partial charge on any atom is 0.136 e. The van der Waals surface area contributed by atoms with E-state index in [0.29, 0.717) is 5.92 Å². The normalized spacial score (nSPS) is 14.3. The van der Waals surface area contributed by atoms with Gasteiger partial charge in [-0.3, -0.25) is 0 Å². The number of rotatable bonds is 7. The molecular weight excluding hydrogens is 290 g/mol. The summed E-state index contributed by atoms with van der Waals surface area (Å²) in [5, 5.41) is 0. The highest BCUT2D eigenvalue weighted by Gasteiger charge is 2.11. The predicted octanol–water partition coefficient (Wildman–Crippen LogP) is 4.15. The third-order valence-electron chi connectivity index (χ3n) is 2.88. The molecule has 2 nitrogen and oxygen atoms in total. The van der Waals surface area contributed by atoms with Crippen LogP contribution in [0.25, 0.3) is 0 Å². The van der Waals surface area contributed by atoms with Crippen LogP contribution in [0.1, 0.15) is 39.2 Å². The molecule has 2 N–H and O–H groups in total. The number of halogens is 1. The van der Waals surface area contributed by atoms with Crippen LogP contribution in [0.5, 0.6) is 5.75 Å². The first-order valence-electron chi connectivity index (χ1n) is 6.70. The summed E-state index contributed by atoms with van der Waals surface area (Å²) in [6.07, 6.45) is 3.25. The fourth-order valence-electron chi connectivity index (χ4n) is 2.02. The molecule has 2 unspecified atom stereocenters. The number of hydrogen-bond donors (Lipinski definition) is 1. The van der Waals surface area contributed by atoms with Gasteiger partial charge < -0.3 is 10.5 Å². The van der Waals surface area contributed by atoms with Crippen molar-refractivity contribution in [1.29, 1.82) is 0 Å². The Morgan fingerprint density at radius 1 is 1.33 bits per heavy atom. The van der Waals surface area contributed by atoms with Gasteiger partial charge >= 0.3 is 0 Å². The van der Waals surface area contributed by atoms with E-state index in [1.807, 2.05) is 19.1 Å². The average Bonchev–Trinajstić information content (AvgIpc) is 2.28. The maximum absolute atomic E-state index is 5.98. The standard InChI is InChI=1S/C15H24BrNO/c1-4-6-11(2)10-18-15-13(9-12(3)17)7-5-8-14(15)16/h5,7-8,11-12H,4,6,9-10,17H2,1-3H3. The molecule has 102 valence electrons. The summed E-state index contributed by atoms with van der Waals surface area (Å²) in [7, 11) is 0. The molecule has 0 bridgehead atoms. The quantitative estimate of drug-likeness (QED) is 0.820. The SMILES string of the molecule is CCCC(C)COc1c(Br)cccc1CC(C)N. The van der Waals surface area contributed by atoms with Crippen molar-refractivity contribution in [2.24, 2.45) is 11.7 Å². The van der Waals surface area contributed by atoms with Crippen molar-refractivity contribution in [3.05, 3.63) is 28.2 Å². The Morgan fingerprint density at radius 3 is 2.67 bits per heavy atom. The minimum absolute atomic E-state index is 0.148. The molecule has 18 heavy (non-hydrogen) atoms. The summed E-state index contributed by atoms with van der Waals surface area (Å²) in [6, 6.07) is 6.29. The lowest BCUT2D eigenvalue weighted by Crippen LogP contribution is -2.19. The van der Waals surface area contributed by atoms with Crippen molar-refractivity contribution in [2.45, 2.75) is 46.1 Å². The maximum atomic E-state index is 5.98. The summed E-state index contributed by atoms with van der Waals surface area (Å²) < 4.78 is 7.00. The van der Waals surface area contributed by atoms with Crippen molar-refractivity contribution >= 4 is 15.9 Å². The van der Waals surface area contributed by atoms with Gasteiger partial charge in [0.1, 0.15) is 5.75 Å². The molecule has 3 heteroatoms. The number of nitrogens with two attached hydrogens (primary N) is 1. The predicted molar refractivity (Wildman–Crippen MR) is 81.1 cm³/mol. The molecule has 0 fully saturated rings. The van der Waals surface area contributed by atoms with E-state index in [1.54, 1.807) is 0 Å². The first kappa shape index (κ1) is 15.5. The Kier molecular flexibility index (Phi) is 6.72. The molecule has 1 rings (SSSR count). The molecule has 1 aromatic carbocycles. The first-order valence-corrected chi connectivity index (χ1v) is 7.49. The van der Waals surface area contributed by atoms with Crippen LogP contribution in [0.4, 0.5) is 0 Å². The summed E-state index contributed by atoms with van der Waals surface area (Å²) in [5.41, 5.74) is 7.06. The highest BCUT2D eigenvalue weighted by Crippen LogP contribution is 2.30. The van der Waals surface area contributed by atoms with Crippen molar-refractivity contribution in [3.63, 3.8) is 0 Å². The molecule has 1 aromatic rings. The molecule has 2 atom stereocenters. The van der Waals surface area contributed by atoms with Gasteiger partial charge in [0.25, 0.3) is 0 Å². The van der Waals surface area contributed by atoms with E-state index in [9.17, 15) is 0 Å².